The Hall–Kier alpha value is -2.68. The predicted molar refractivity (Wildman–Crippen MR) is 94.4 cm³/mol. The van der Waals surface area contributed by atoms with Gasteiger partial charge in [-0.25, -0.2) is 18.0 Å². The molecule has 0 saturated carbocycles. The van der Waals surface area contributed by atoms with Gasteiger partial charge in [-0.15, -0.1) is 0 Å². The fourth-order valence-electron chi connectivity index (χ4n) is 2.89. The Kier molecular flexibility index (Phi) is 4.57. The summed E-state index contributed by atoms with van der Waals surface area (Å²) >= 11 is 0. The van der Waals surface area contributed by atoms with Gasteiger partial charge in [-0.2, -0.15) is 0 Å². The van der Waals surface area contributed by atoms with E-state index in [1.807, 2.05) is 13.0 Å². The lowest BCUT2D eigenvalue weighted by atomic mass is 10.1. The third kappa shape index (κ3) is 3.77. The summed E-state index contributed by atoms with van der Waals surface area (Å²) in [5.41, 5.74) is 1.21. The van der Waals surface area contributed by atoms with E-state index in [4.69, 9.17) is 4.42 Å². The second-order valence-corrected chi connectivity index (χ2v) is 8.70. The van der Waals surface area contributed by atoms with Gasteiger partial charge in [0.1, 0.15) is 21.5 Å². The number of hydrogen-bond donors (Lipinski definition) is 1. The highest BCUT2D eigenvalue weighted by Crippen LogP contribution is 2.22. The van der Waals surface area contributed by atoms with Gasteiger partial charge in [0.15, 0.2) is 0 Å². The maximum Gasteiger partial charge on any atom is 0.336 e. The Labute approximate surface area is 149 Å². The van der Waals surface area contributed by atoms with Crippen LogP contribution in [0.15, 0.2) is 33.5 Å². The van der Waals surface area contributed by atoms with Crippen molar-refractivity contribution in [2.24, 2.45) is 0 Å². The van der Waals surface area contributed by atoms with Crippen molar-refractivity contribution in [1.82, 2.24) is 10.2 Å². The lowest BCUT2D eigenvalue weighted by molar-refractivity contribution is -0.127. The summed E-state index contributed by atoms with van der Waals surface area (Å²) in [6.45, 7) is 1.77. The summed E-state index contributed by atoms with van der Waals surface area (Å²) in [5.74, 6) is -0.707. The molecule has 8 nitrogen and oxygen atoms in total. The van der Waals surface area contributed by atoms with Crippen molar-refractivity contribution in [2.75, 3.05) is 12.0 Å². The third-order valence-electron chi connectivity index (χ3n) is 4.20. The molecular weight excluding hydrogens is 360 g/mol. The minimum absolute atomic E-state index is 0.0107. The molecule has 26 heavy (non-hydrogen) atoms. The fourth-order valence-corrected chi connectivity index (χ4v) is 3.56. The number of sulfone groups is 1. The molecule has 1 aromatic heterocycles. The average Bonchev–Trinajstić information content (AvgIpc) is 2.79. The number of nitrogens with one attached hydrogen (secondary N) is 1. The molecule has 0 bridgehead atoms. The molecule has 3 amide bonds. The third-order valence-corrected chi connectivity index (χ3v) is 5.18. The molecule has 0 aliphatic carbocycles. The number of carbonyl (C=O) groups is 2. The molecule has 1 saturated heterocycles. The Bertz CT molecular complexity index is 1060. The molecular formula is C17H18N2O6S. The van der Waals surface area contributed by atoms with Gasteiger partial charge in [-0.1, -0.05) is 12.1 Å². The first kappa shape index (κ1) is 18.1. The zero-order valence-corrected chi connectivity index (χ0v) is 15.1. The van der Waals surface area contributed by atoms with Crippen LogP contribution in [0.1, 0.15) is 17.5 Å². The van der Waals surface area contributed by atoms with E-state index in [1.54, 1.807) is 12.1 Å². The Morgan fingerprint density at radius 2 is 1.92 bits per heavy atom. The van der Waals surface area contributed by atoms with E-state index in [9.17, 15) is 22.8 Å². The summed E-state index contributed by atoms with van der Waals surface area (Å²) in [6.07, 6.45) is 1.08. The van der Waals surface area contributed by atoms with Crippen LogP contribution in [0.3, 0.4) is 0 Å². The number of nitrogens with zero attached hydrogens (tertiary/aromatic N) is 1. The standard InChI is InChI=1S/C17H18N2O6S/c1-10-3-4-12-11(8-15(20)25-14(12)7-10)9-19-16(21)13(18-17(19)22)5-6-26(2,23)24/h3-4,7-8,13H,5-6,9H2,1-2H3,(H,18,22)/t13-/m0/s1. The second kappa shape index (κ2) is 6.56. The number of amides is 3. The zero-order chi connectivity index (χ0) is 19.1. The molecule has 1 aliphatic heterocycles. The predicted octanol–water partition coefficient (Wildman–Crippen LogP) is 0.957. The zero-order valence-electron chi connectivity index (χ0n) is 14.3. The normalized spacial score (nSPS) is 17.8. The number of rotatable bonds is 5. The largest absolute Gasteiger partial charge is 0.423 e. The summed E-state index contributed by atoms with van der Waals surface area (Å²) in [5, 5.41) is 3.12. The fraction of sp³-hybridized carbons (Fsp3) is 0.353. The molecule has 1 aromatic carbocycles. The van der Waals surface area contributed by atoms with Gasteiger partial charge in [0.25, 0.3) is 5.91 Å². The summed E-state index contributed by atoms with van der Waals surface area (Å²) in [6, 6.07) is 5.07. The minimum atomic E-state index is -3.24. The molecule has 1 atom stereocenters. The van der Waals surface area contributed by atoms with Crippen LogP contribution >= 0.6 is 0 Å². The van der Waals surface area contributed by atoms with Crippen molar-refractivity contribution < 1.29 is 22.4 Å². The molecule has 9 heteroatoms. The highest BCUT2D eigenvalue weighted by Gasteiger charge is 2.38. The molecule has 138 valence electrons. The van der Waals surface area contributed by atoms with Crippen LogP contribution in [-0.4, -0.2) is 43.3 Å². The van der Waals surface area contributed by atoms with Crippen LogP contribution in [0.4, 0.5) is 4.79 Å². The number of benzene rings is 1. The van der Waals surface area contributed by atoms with E-state index in [0.29, 0.717) is 16.5 Å². The van der Waals surface area contributed by atoms with Crippen molar-refractivity contribution in [3.05, 3.63) is 45.8 Å². The van der Waals surface area contributed by atoms with E-state index in [1.165, 1.54) is 6.07 Å². The van der Waals surface area contributed by atoms with Crippen LogP contribution in [-0.2, 0) is 21.2 Å². The molecule has 3 rings (SSSR count). The first-order chi connectivity index (χ1) is 12.1. The SMILES string of the molecule is Cc1ccc2c(CN3C(=O)N[C@@H](CCS(C)(=O)=O)C3=O)cc(=O)oc2c1. The van der Waals surface area contributed by atoms with E-state index in [0.717, 1.165) is 16.7 Å². The van der Waals surface area contributed by atoms with Crippen LogP contribution in [0.25, 0.3) is 11.0 Å². The number of urea groups is 1. The number of fused-ring (bicyclic) bond motifs is 1. The van der Waals surface area contributed by atoms with E-state index < -0.39 is 33.4 Å². The van der Waals surface area contributed by atoms with Gasteiger partial charge in [0.05, 0.1) is 12.3 Å². The van der Waals surface area contributed by atoms with E-state index in [2.05, 4.69) is 5.32 Å². The monoisotopic (exact) mass is 378 g/mol. The van der Waals surface area contributed by atoms with Gasteiger partial charge >= 0.3 is 11.7 Å². The van der Waals surface area contributed by atoms with Gasteiger partial charge in [-0.05, 0) is 30.5 Å². The van der Waals surface area contributed by atoms with Crippen LogP contribution in [0, 0.1) is 6.92 Å². The average molecular weight is 378 g/mol. The van der Waals surface area contributed by atoms with Crippen molar-refractivity contribution in [1.29, 1.82) is 0 Å². The lowest BCUT2D eigenvalue weighted by Gasteiger charge is -2.14. The topological polar surface area (TPSA) is 114 Å². The van der Waals surface area contributed by atoms with Gasteiger partial charge in [0, 0.05) is 17.7 Å². The quantitative estimate of drug-likeness (QED) is 0.612. The number of imide groups is 1. The van der Waals surface area contributed by atoms with Gasteiger partial charge in [-0.3, -0.25) is 9.69 Å². The molecule has 1 fully saturated rings. The number of hydrogen-bond acceptors (Lipinski definition) is 6. The van der Waals surface area contributed by atoms with Crippen molar-refractivity contribution in [3.63, 3.8) is 0 Å². The van der Waals surface area contributed by atoms with Crippen LogP contribution < -0.4 is 10.9 Å². The lowest BCUT2D eigenvalue weighted by Crippen LogP contribution is -2.32. The van der Waals surface area contributed by atoms with Crippen molar-refractivity contribution in [2.45, 2.75) is 25.9 Å². The molecule has 2 heterocycles. The smallest absolute Gasteiger partial charge is 0.336 e. The maximum absolute atomic E-state index is 12.5. The van der Waals surface area contributed by atoms with Gasteiger partial charge in [0.2, 0.25) is 0 Å². The second-order valence-electron chi connectivity index (χ2n) is 6.44. The van der Waals surface area contributed by atoms with E-state index >= 15 is 0 Å². The number of carbonyl (C=O) groups excluding carboxylic acids is 2. The molecule has 0 unspecified atom stereocenters. The van der Waals surface area contributed by atoms with Crippen molar-refractivity contribution >= 4 is 32.7 Å². The van der Waals surface area contributed by atoms with Gasteiger partial charge < -0.3 is 9.73 Å². The highest BCUT2D eigenvalue weighted by atomic mass is 32.2. The van der Waals surface area contributed by atoms with Crippen molar-refractivity contribution in [3.8, 4) is 0 Å². The molecule has 2 aromatic rings. The Balaban J connectivity index is 1.87. The Morgan fingerprint density at radius 3 is 2.62 bits per heavy atom. The number of aryl methyl sites for hydroxylation is 1. The minimum Gasteiger partial charge on any atom is -0.423 e. The summed E-state index contributed by atoms with van der Waals surface area (Å²) < 4.78 is 27.7. The summed E-state index contributed by atoms with van der Waals surface area (Å²) in [4.78, 5) is 37.4. The Morgan fingerprint density at radius 1 is 1.19 bits per heavy atom. The first-order valence-electron chi connectivity index (χ1n) is 7.97. The summed E-state index contributed by atoms with van der Waals surface area (Å²) in [7, 11) is -3.24. The molecule has 0 spiro atoms. The first-order valence-corrected chi connectivity index (χ1v) is 10.0. The van der Waals surface area contributed by atoms with E-state index in [-0.39, 0.29) is 18.7 Å². The molecule has 0 radical (unpaired) electrons. The van der Waals surface area contributed by atoms with Crippen LogP contribution in [0.5, 0.6) is 0 Å². The van der Waals surface area contributed by atoms with Crippen LogP contribution in [0.2, 0.25) is 0 Å². The highest BCUT2D eigenvalue weighted by molar-refractivity contribution is 7.90. The maximum atomic E-state index is 12.5. The molecule has 1 aliphatic rings. The molecule has 1 N–H and O–H groups in total.